The van der Waals surface area contributed by atoms with Gasteiger partial charge in [0.1, 0.15) is 6.07 Å². The molecule has 0 saturated heterocycles. The third-order valence-electron chi connectivity index (χ3n) is 3.89. The van der Waals surface area contributed by atoms with Gasteiger partial charge in [-0.2, -0.15) is 5.26 Å². The lowest BCUT2D eigenvalue weighted by molar-refractivity contribution is 0.0261. The molecule has 2 aromatic carbocycles. The number of ether oxygens (including phenoxy) is 1. The summed E-state index contributed by atoms with van der Waals surface area (Å²) < 4.78 is 6.31. The topological polar surface area (TPSA) is 70.4 Å². The summed E-state index contributed by atoms with van der Waals surface area (Å²) >= 11 is 3.37. The fourth-order valence-corrected chi connectivity index (χ4v) is 2.64. The highest BCUT2D eigenvalue weighted by Gasteiger charge is 2.43. The minimum Gasteiger partial charge on any atom is -0.419 e. The molecule has 0 bridgehead atoms. The zero-order valence-corrected chi connectivity index (χ0v) is 16.2. The predicted molar refractivity (Wildman–Crippen MR) is 102 cm³/mol. The van der Waals surface area contributed by atoms with Crippen LogP contribution in [-0.4, -0.2) is 36.5 Å². The second kappa shape index (κ2) is 8.63. The molecule has 26 heavy (non-hydrogen) atoms. The third-order valence-corrected chi connectivity index (χ3v) is 4.42. The van der Waals surface area contributed by atoms with Crippen LogP contribution in [0.25, 0.3) is 0 Å². The maximum Gasteiger partial charge on any atom is 0.411 e. The molecular weight excluding hydrogens is 396 g/mol. The van der Waals surface area contributed by atoms with Gasteiger partial charge < -0.3 is 9.64 Å². The smallest absolute Gasteiger partial charge is 0.411 e. The molecule has 0 saturated carbocycles. The van der Waals surface area contributed by atoms with Gasteiger partial charge in [-0.25, -0.2) is 4.79 Å². The Bertz CT molecular complexity index is 813. The number of carbonyl (C=O) groups excluding carboxylic acids is 2. The van der Waals surface area contributed by atoms with Gasteiger partial charge in [0, 0.05) is 30.6 Å². The van der Waals surface area contributed by atoms with E-state index in [0.717, 1.165) is 10.0 Å². The van der Waals surface area contributed by atoms with Crippen LogP contribution >= 0.6 is 15.9 Å². The number of rotatable bonds is 6. The number of benzene rings is 2. The van der Waals surface area contributed by atoms with Crippen LogP contribution in [-0.2, 0) is 11.2 Å². The summed E-state index contributed by atoms with van der Waals surface area (Å²) in [5, 5.41) is 9.79. The van der Waals surface area contributed by atoms with E-state index in [1.807, 2.05) is 30.3 Å². The molecule has 0 aromatic heterocycles. The van der Waals surface area contributed by atoms with E-state index in [9.17, 15) is 14.9 Å². The zero-order valence-electron chi connectivity index (χ0n) is 14.6. The average molecular weight is 415 g/mol. The summed E-state index contributed by atoms with van der Waals surface area (Å²) in [6.45, 7) is 0. The standard InChI is InChI=1S/C20H19BrN2O3/c1-23(2)19(25)26-20(14-22,18(24)16-6-4-3-5-7-16)13-12-15-8-10-17(21)11-9-15/h3-11H,12-13H2,1-2H3/t20-/m1/s1. The Balaban J connectivity index is 2.33. The van der Waals surface area contributed by atoms with E-state index in [1.54, 1.807) is 30.3 Å². The van der Waals surface area contributed by atoms with E-state index in [1.165, 1.54) is 19.0 Å². The van der Waals surface area contributed by atoms with Crippen LogP contribution in [0.5, 0.6) is 0 Å². The Morgan fingerprint density at radius 2 is 1.73 bits per heavy atom. The number of nitrogens with zero attached hydrogens (tertiary/aromatic N) is 2. The van der Waals surface area contributed by atoms with E-state index in [2.05, 4.69) is 15.9 Å². The lowest BCUT2D eigenvalue weighted by atomic mass is 9.88. The number of aryl methyl sites for hydroxylation is 1. The van der Waals surface area contributed by atoms with Crippen molar-refractivity contribution in [3.63, 3.8) is 0 Å². The van der Waals surface area contributed by atoms with Crippen molar-refractivity contribution in [3.05, 3.63) is 70.2 Å². The number of nitriles is 1. The summed E-state index contributed by atoms with van der Waals surface area (Å²) in [5.41, 5.74) is -0.610. The Morgan fingerprint density at radius 3 is 2.27 bits per heavy atom. The van der Waals surface area contributed by atoms with E-state index in [-0.39, 0.29) is 6.42 Å². The number of carbonyl (C=O) groups is 2. The average Bonchev–Trinajstić information content (AvgIpc) is 2.66. The highest BCUT2D eigenvalue weighted by Crippen LogP contribution is 2.25. The van der Waals surface area contributed by atoms with Crippen molar-refractivity contribution in [2.45, 2.75) is 18.4 Å². The molecular formula is C20H19BrN2O3. The van der Waals surface area contributed by atoms with Gasteiger partial charge in [0.05, 0.1) is 0 Å². The van der Waals surface area contributed by atoms with Gasteiger partial charge in [0.15, 0.2) is 0 Å². The Labute approximate surface area is 161 Å². The molecule has 0 aliphatic heterocycles. The van der Waals surface area contributed by atoms with Gasteiger partial charge in [0.25, 0.3) is 5.60 Å². The zero-order chi connectivity index (χ0) is 19.2. The molecule has 5 nitrogen and oxygen atoms in total. The maximum atomic E-state index is 13.0. The minimum atomic E-state index is -1.88. The van der Waals surface area contributed by atoms with Crippen LogP contribution in [0.1, 0.15) is 22.3 Å². The van der Waals surface area contributed by atoms with E-state index >= 15 is 0 Å². The fourth-order valence-electron chi connectivity index (χ4n) is 2.37. The molecule has 1 atom stereocenters. The van der Waals surface area contributed by atoms with Crippen molar-refractivity contribution in [1.29, 1.82) is 5.26 Å². The molecule has 134 valence electrons. The van der Waals surface area contributed by atoms with Crippen molar-refractivity contribution < 1.29 is 14.3 Å². The first kappa shape index (κ1) is 19.7. The van der Waals surface area contributed by atoms with Gasteiger partial charge in [-0.3, -0.25) is 4.79 Å². The molecule has 0 aliphatic carbocycles. The maximum absolute atomic E-state index is 13.0. The van der Waals surface area contributed by atoms with Crippen LogP contribution in [0.4, 0.5) is 4.79 Å². The minimum absolute atomic E-state index is 0.0679. The molecule has 0 heterocycles. The molecule has 0 N–H and O–H groups in total. The summed E-state index contributed by atoms with van der Waals surface area (Å²) in [5.74, 6) is -0.520. The first-order chi connectivity index (χ1) is 12.4. The Kier molecular flexibility index (Phi) is 6.53. The van der Waals surface area contributed by atoms with Crippen molar-refractivity contribution in [1.82, 2.24) is 4.90 Å². The van der Waals surface area contributed by atoms with Gasteiger partial charge in [-0.15, -0.1) is 0 Å². The lowest BCUT2D eigenvalue weighted by Crippen LogP contribution is -2.45. The number of amides is 1. The number of halogens is 1. The number of ketones is 1. The van der Waals surface area contributed by atoms with Crippen molar-refractivity contribution in [2.75, 3.05) is 14.1 Å². The molecule has 0 unspecified atom stereocenters. The number of hydrogen-bond acceptors (Lipinski definition) is 4. The largest absolute Gasteiger partial charge is 0.419 e. The summed E-state index contributed by atoms with van der Waals surface area (Å²) in [6, 6.07) is 17.9. The fraction of sp³-hybridized carbons (Fsp3) is 0.250. The predicted octanol–water partition coefficient (Wildman–Crippen LogP) is 4.23. The molecule has 0 fully saturated rings. The van der Waals surface area contributed by atoms with Gasteiger partial charge in [0.2, 0.25) is 5.78 Å². The van der Waals surface area contributed by atoms with Crippen LogP contribution in [0.15, 0.2) is 59.1 Å². The number of hydrogen-bond donors (Lipinski definition) is 0. The molecule has 0 spiro atoms. The van der Waals surface area contributed by atoms with Crippen molar-refractivity contribution in [3.8, 4) is 6.07 Å². The van der Waals surface area contributed by atoms with Crippen LogP contribution < -0.4 is 0 Å². The quantitative estimate of drug-likeness (QED) is 0.663. The van der Waals surface area contributed by atoms with Gasteiger partial charge in [-0.1, -0.05) is 58.4 Å². The monoisotopic (exact) mass is 414 g/mol. The van der Waals surface area contributed by atoms with Gasteiger partial charge >= 0.3 is 6.09 Å². The first-order valence-electron chi connectivity index (χ1n) is 8.04. The van der Waals surface area contributed by atoms with E-state index in [0.29, 0.717) is 12.0 Å². The number of Topliss-reactive ketones (excluding diaryl/α,β-unsaturated/α-hetero) is 1. The van der Waals surface area contributed by atoms with Gasteiger partial charge in [-0.05, 0) is 24.1 Å². The summed E-state index contributed by atoms with van der Waals surface area (Å²) in [4.78, 5) is 26.3. The highest BCUT2D eigenvalue weighted by atomic mass is 79.9. The molecule has 0 radical (unpaired) electrons. The molecule has 2 rings (SSSR count). The molecule has 2 aromatic rings. The second-order valence-corrected chi connectivity index (χ2v) is 6.94. The van der Waals surface area contributed by atoms with Crippen LogP contribution in [0, 0.1) is 11.3 Å². The van der Waals surface area contributed by atoms with E-state index in [4.69, 9.17) is 4.74 Å². The lowest BCUT2D eigenvalue weighted by Gasteiger charge is -2.27. The van der Waals surface area contributed by atoms with Crippen molar-refractivity contribution in [2.24, 2.45) is 0 Å². The van der Waals surface area contributed by atoms with Crippen LogP contribution in [0.2, 0.25) is 0 Å². The first-order valence-corrected chi connectivity index (χ1v) is 8.83. The highest BCUT2D eigenvalue weighted by molar-refractivity contribution is 9.10. The van der Waals surface area contributed by atoms with E-state index < -0.39 is 17.5 Å². The molecule has 0 aliphatic rings. The third kappa shape index (κ3) is 4.70. The normalized spacial score (nSPS) is 12.5. The second-order valence-electron chi connectivity index (χ2n) is 6.02. The summed E-state index contributed by atoms with van der Waals surface area (Å²) in [6.07, 6.45) is -0.245. The summed E-state index contributed by atoms with van der Waals surface area (Å²) in [7, 11) is 3.01. The van der Waals surface area contributed by atoms with Crippen molar-refractivity contribution >= 4 is 27.8 Å². The Hall–Kier alpha value is -2.65. The Morgan fingerprint density at radius 1 is 1.12 bits per heavy atom. The molecule has 6 heteroatoms. The SMILES string of the molecule is CN(C)C(=O)O[C@@](C#N)(CCc1ccc(Br)cc1)C(=O)c1ccccc1. The van der Waals surface area contributed by atoms with Crippen LogP contribution in [0.3, 0.4) is 0 Å². The molecule has 1 amide bonds.